The predicted molar refractivity (Wildman–Crippen MR) is 102 cm³/mol. The van der Waals surface area contributed by atoms with E-state index in [4.69, 9.17) is 4.74 Å². The Morgan fingerprint density at radius 2 is 2.12 bits per heavy atom. The monoisotopic (exact) mass is 379 g/mol. The Morgan fingerprint density at radius 3 is 2.85 bits per heavy atom. The minimum atomic E-state index is -0.166. The number of likely N-dealkylation sites (tertiary alicyclic amines) is 1. The summed E-state index contributed by atoms with van der Waals surface area (Å²) in [6.07, 6.45) is 3.23. The maximum Gasteiger partial charge on any atom is 0.274 e. The number of fused-ring (bicyclic) bond motifs is 4. The summed E-state index contributed by atoms with van der Waals surface area (Å²) in [5.74, 6) is 0.699. The van der Waals surface area contributed by atoms with Crippen LogP contribution in [-0.2, 0) is 20.9 Å². The van der Waals surface area contributed by atoms with Crippen molar-refractivity contribution in [3.63, 3.8) is 0 Å². The van der Waals surface area contributed by atoms with Crippen molar-refractivity contribution in [3.05, 3.63) is 28.2 Å². The fourth-order valence-corrected chi connectivity index (χ4v) is 4.24. The molecule has 8 heteroatoms. The van der Waals surface area contributed by atoms with E-state index >= 15 is 0 Å². The number of hydrogen-bond acceptors (Lipinski definition) is 5. The molecule has 0 saturated carbocycles. The zero-order valence-electron chi connectivity index (χ0n) is 15.2. The molecule has 3 heterocycles. The van der Waals surface area contributed by atoms with E-state index < -0.39 is 0 Å². The zero-order valence-corrected chi connectivity index (χ0v) is 16.0. The molecule has 2 atom stereocenters. The van der Waals surface area contributed by atoms with Gasteiger partial charge in [-0.1, -0.05) is 0 Å². The first-order chi connectivity index (χ1) is 12.5. The van der Waals surface area contributed by atoms with Crippen LogP contribution in [0.3, 0.4) is 0 Å². The second-order valence-electron chi connectivity index (χ2n) is 6.91. The largest absolute Gasteiger partial charge is 0.384 e. The van der Waals surface area contributed by atoms with Gasteiger partial charge in [-0.25, -0.2) is 0 Å². The molecule has 2 bridgehead atoms. The minimum Gasteiger partial charge on any atom is -0.384 e. The van der Waals surface area contributed by atoms with Crippen LogP contribution in [0.15, 0.2) is 16.9 Å². The van der Waals surface area contributed by atoms with Crippen LogP contribution < -0.4 is 10.9 Å². The smallest absolute Gasteiger partial charge is 0.274 e. The highest BCUT2D eigenvalue weighted by Gasteiger charge is 2.36. The Kier molecular flexibility index (Phi) is 6.03. The first kappa shape index (κ1) is 19.0. The lowest BCUT2D eigenvalue weighted by molar-refractivity contribution is -0.134. The van der Waals surface area contributed by atoms with E-state index in [-0.39, 0.29) is 29.2 Å². The summed E-state index contributed by atoms with van der Waals surface area (Å²) in [7, 11) is 1.59. The highest BCUT2D eigenvalue weighted by atomic mass is 32.2. The van der Waals surface area contributed by atoms with E-state index in [1.54, 1.807) is 17.7 Å². The summed E-state index contributed by atoms with van der Waals surface area (Å²) < 4.78 is 6.78. The molecule has 1 aromatic rings. The molecule has 26 heavy (non-hydrogen) atoms. The van der Waals surface area contributed by atoms with Crippen LogP contribution in [0.2, 0.25) is 0 Å². The number of aromatic nitrogens is 1. The number of nitrogens with one attached hydrogen (secondary N) is 1. The molecule has 0 spiro atoms. The standard InChI is InChI=1S/C18H25N3O4S/c1-25-6-5-17(23)20-8-12-7-13(10-20)15-4-3-14(18(24)21(15)9-12)19-16(22)11-26-2/h3-4,12-13H,5-11H2,1-2H3,(H,19,22). The number of pyridine rings is 1. The Morgan fingerprint density at radius 1 is 1.31 bits per heavy atom. The number of anilines is 1. The Labute approximate surface area is 157 Å². The van der Waals surface area contributed by atoms with Gasteiger partial charge < -0.3 is 19.5 Å². The topological polar surface area (TPSA) is 80.6 Å². The summed E-state index contributed by atoms with van der Waals surface area (Å²) in [6, 6.07) is 3.61. The van der Waals surface area contributed by atoms with Crippen molar-refractivity contribution in [3.8, 4) is 0 Å². The Balaban J connectivity index is 1.79. The third-order valence-electron chi connectivity index (χ3n) is 5.03. The van der Waals surface area contributed by atoms with Crippen molar-refractivity contribution < 1.29 is 14.3 Å². The number of piperidine rings is 1. The molecule has 1 fully saturated rings. The summed E-state index contributed by atoms with van der Waals surface area (Å²) in [5.41, 5.74) is 1.14. The second-order valence-corrected chi connectivity index (χ2v) is 7.78. The van der Waals surface area contributed by atoms with Crippen molar-refractivity contribution in [1.29, 1.82) is 0 Å². The average Bonchev–Trinajstić information content (AvgIpc) is 2.62. The van der Waals surface area contributed by atoms with Gasteiger partial charge in [-0.05, 0) is 30.7 Å². The molecule has 142 valence electrons. The van der Waals surface area contributed by atoms with Crippen molar-refractivity contribution in [2.45, 2.75) is 25.3 Å². The van der Waals surface area contributed by atoms with Crippen molar-refractivity contribution in [1.82, 2.24) is 9.47 Å². The van der Waals surface area contributed by atoms with Crippen LogP contribution in [0.25, 0.3) is 0 Å². The number of ether oxygens (including phenoxy) is 1. The lowest BCUT2D eigenvalue weighted by Crippen LogP contribution is -2.49. The van der Waals surface area contributed by atoms with E-state index in [0.29, 0.717) is 44.1 Å². The molecule has 0 aromatic carbocycles. The lowest BCUT2D eigenvalue weighted by Gasteiger charge is -2.43. The van der Waals surface area contributed by atoms with Crippen LogP contribution in [0.1, 0.15) is 24.5 Å². The van der Waals surface area contributed by atoms with E-state index in [1.807, 2.05) is 17.2 Å². The second kappa shape index (κ2) is 8.26. The molecule has 7 nitrogen and oxygen atoms in total. The van der Waals surface area contributed by atoms with Crippen LogP contribution in [0.5, 0.6) is 0 Å². The third-order valence-corrected chi connectivity index (χ3v) is 5.58. The molecule has 0 radical (unpaired) electrons. The molecule has 2 aliphatic rings. The summed E-state index contributed by atoms with van der Waals surface area (Å²) in [5, 5.41) is 2.71. The lowest BCUT2D eigenvalue weighted by atomic mass is 9.83. The van der Waals surface area contributed by atoms with Crippen molar-refractivity contribution >= 4 is 29.3 Å². The van der Waals surface area contributed by atoms with Crippen molar-refractivity contribution in [2.24, 2.45) is 5.92 Å². The van der Waals surface area contributed by atoms with Crippen LogP contribution >= 0.6 is 11.8 Å². The van der Waals surface area contributed by atoms with Gasteiger partial charge in [0.1, 0.15) is 5.69 Å². The molecule has 2 unspecified atom stereocenters. The van der Waals surface area contributed by atoms with Gasteiger partial charge in [0.2, 0.25) is 11.8 Å². The number of amides is 2. The highest BCUT2D eigenvalue weighted by molar-refractivity contribution is 7.99. The quantitative estimate of drug-likeness (QED) is 0.801. The molecular formula is C18H25N3O4S. The van der Waals surface area contributed by atoms with E-state index in [1.165, 1.54) is 11.8 Å². The average molecular weight is 379 g/mol. The molecule has 2 amide bonds. The summed E-state index contributed by atoms with van der Waals surface area (Å²) >= 11 is 1.42. The number of nitrogens with zero attached hydrogens (tertiary/aromatic N) is 2. The summed E-state index contributed by atoms with van der Waals surface area (Å²) in [6.45, 7) is 2.33. The van der Waals surface area contributed by atoms with Crippen molar-refractivity contribution in [2.75, 3.05) is 44.1 Å². The molecule has 1 N–H and O–H groups in total. The third kappa shape index (κ3) is 3.96. The SMILES string of the molecule is COCCC(=O)N1CC2CC(C1)c1ccc(NC(=O)CSC)c(=O)n1C2. The normalized spacial score (nSPS) is 21.2. The number of hydrogen-bond donors (Lipinski definition) is 1. The molecule has 3 rings (SSSR count). The zero-order chi connectivity index (χ0) is 18.7. The van der Waals surface area contributed by atoms with E-state index in [0.717, 1.165) is 12.1 Å². The van der Waals surface area contributed by atoms with Gasteiger partial charge in [0.05, 0.1) is 18.8 Å². The van der Waals surface area contributed by atoms with Crippen LogP contribution in [0.4, 0.5) is 5.69 Å². The van der Waals surface area contributed by atoms with Gasteiger partial charge >= 0.3 is 0 Å². The number of thioether (sulfide) groups is 1. The Bertz CT molecular complexity index is 748. The molecular weight excluding hydrogens is 354 g/mol. The minimum absolute atomic E-state index is 0.110. The number of carbonyl (C=O) groups is 2. The van der Waals surface area contributed by atoms with Crippen LogP contribution in [0, 0.1) is 5.92 Å². The van der Waals surface area contributed by atoms with Gasteiger partial charge in [0, 0.05) is 38.4 Å². The molecule has 1 aromatic heterocycles. The van der Waals surface area contributed by atoms with Crippen LogP contribution in [-0.4, -0.2) is 60.1 Å². The van der Waals surface area contributed by atoms with Gasteiger partial charge in [-0.3, -0.25) is 14.4 Å². The fourth-order valence-electron chi connectivity index (χ4n) is 3.91. The maximum absolute atomic E-state index is 12.8. The van der Waals surface area contributed by atoms with E-state index in [2.05, 4.69) is 5.32 Å². The van der Waals surface area contributed by atoms with Gasteiger partial charge in [-0.15, -0.1) is 0 Å². The van der Waals surface area contributed by atoms with Gasteiger partial charge in [0.15, 0.2) is 0 Å². The highest BCUT2D eigenvalue weighted by Crippen LogP contribution is 2.35. The Hall–Kier alpha value is -1.80. The fraction of sp³-hybridized carbons (Fsp3) is 0.611. The molecule has 2 aliphatic heterocycles. The molecule has 1 saturated heterocycles. The maximum atomic E-state index is 12.8. The number of rotatable bonds is 6. The first-order valence-corrected chi connectivity index (χ1v) is 10.2. The van der Waals surface area contributed by atoms with Gasteiger partial charge in [-0.2, -0.15) is 11.8 Å². The summed E-state index contributed by atoms with van der Waals surface area (Å²) in [4.78, 5) is 38.8. The first-order valence-electron chi connectivity index (χ1n) is 8.82. The van der Waals surface area contributed by atoms with Gasteiger partial charge in [0.25, 0.3) is 5.56 Å². The predicted octanol–water partition coefficient (Wildman–Crippen LogP) is 1.13. The number of methoxy groups -OCH3 is 1. The number of carbonyl (C=O) groups excluding carboxylic acids is 2. The van der Waals surface area contributed by atoms with E-state index in [9.17, 15) is 14.4 Å². The molecule has 0 aliphatic carbocycles.